The molecule has 0 atom stereocenters. The van der Waals surface area contributed by atoms with Crippen LogP contribution in [0.2, 0.25) is 0 Å². The van der Waals surface area contributed by atoms with Crippen LogP contribution in [-0.4, -0.2) is 26.3 Å². The van der Waals surface area contributed by atoms with Crippen LogP contribution in [0.5, 0.6) is 0 Å². The summed E-state index contributed by atoms with van der Waals surface area (Å²) >= 11 is 3.19. The van der Waals surface area contributed by atoms with E-state index in [9.17, 15) is 4.79 Å². The number of hydrogen-bond donors (Lipinski definition) is 0. The van der Waals surface area contributed by atoms with Gasteiger partial charge in [0.1, 0.15) is 5.82 Å². The van der Waals surface area contributed by atoms with E-state index in [1.54, 1.807) is 11.3 Å². The summed E-state index contributed by atoms with van der Waals surface area (Å²) in [6.07, 6.45) is 1.66. The van der Waals surface area contributed by atoms with Crippen molar-refractivity contribution >= 4 is 28.9 Å². The number of thioether (sulfide) groups is 1. The van der Waals surface area contributed by atoms with Crippen molar-refractivity contribution in [3.63, 3.8) is 0 Å². The van der Waals surface area contributed by atoms with Gasteiger partial charge in [-0.1, -0.05) is 78.5 Å². The van der Waals surface area contributed by atoms with Crippen molar-refractivity contribution in [3.8, 4) is 0 Å². The number of rotatable bonds is 9. The summed E-state index contributed by atoms with van der Waals surface area (Å²) in [5.74, 6) is 1.40. The number of benzene rings is 2. The van der Waals surface area contributed by atoms with E-state index in [0.29, 0.717) is 5.75 Å². The standard InChI is InChI=1S/C23H21N3OS2/c27-21(19-10-5-2-6-11-19)17-29-23-25-24-22(16-20-12-7-15-28-20)26(23)14-13-18-8-3-1-4-9-18/h1-12,15H,13-14,16-17H2. The molecule has 0 N–H and O–H groups in total. The number of aromatic nitrogens is 3. The minimum atomic E-state index is 0.105. The van der Waals surface area contributed by atoms with Crippen molar-refractivity contribution in [1.82, 2.24) is 14.8 Å². The van der Waals surface area contributed by atoms with E-state index in [1.165, 1.54) is 22.2 Å². The summed E-state index contributed by atoms with van der Waals surface area (Å²) in [5, 5.41) is 11.7. The summed E-state index contributed by atoms with van der Waals surface area (Å²) in [4.78, 5) is 13.8. The number of aryl methyl sites for hydroxylation is 1. The molecule has 2 aromatic heterocycles. The lowest BCUT2D eigenvalue weighted by Crippen LogP contribution is -2.09. The molecule has 4 rings (SSSR count). The van der Waals surface area contributed by atoms with Gasteiger partial charge in [-0.05, 0) is 23.4 Å². The quantitative estimate of drug-likeness (QED) is 0.278. The Hall–Kier alpha value is -2.70. The molecule has 0 aliphatic heterocycles. The lowest BCUT2D eigenvalue weighted by molar-refractivity contribution is 0.102. The molecule has 6 heteroatoms. The van der Waals surface area contributed by atoms with Crippen LogP contribution in [0.15, 0.2) is 83.3 Å². The van der Waals surface area contributed by atoms with Crippen molar-refractivity contribution in [2.75, 3.05) is 5.75 Å². The largest absolute Gasteiger partial charge is 0.305 e. The number of ketones is 1. The highest BCUT2D eigenvalue weighted by molar-refractivity contribution is 7.99. The first-order chi connectivity index (χ1) is 14.3. The predicted octanol–water partition coefficient (Wildman–Crippen LogP) is 5.15. The Morgan fingerprint density at radius 3 is 2.41 bits per heavy atom. The highest BCUT2D eigenvalue weighted by Gasteiger charge is 2.16. The molecule has 2 aromatic carbocycles. The first-order valence-electron chi connectivity index (χ1n) is 9.49. The molecule has 4 nitrogen and oxygen atoms in total. The van der Waals surface area contributed by atoms with Crippen molar-refractivity contribution in [2.24, 2.45) is 0 Å². The zero-order valence-electron chi connectivity index (χ0n) is 15.9. The molecule has 29 heavy (non-hydrogen) atoms. The molecular formula is C23H21N3OS2. The topological polar surface area (TPSA) is 47.8 Å². The molecule has 0 radical (unpaired) electrons. The average molecular weight is 420 g/mol. The number of nitrogens with zero attached hydrogens (tertiary/aromatic N) is 3. The Labute approximate surface area is 178 Å². The number of carbonyl (C=O) groups is 1. The molecule has 0 aliphatic rings. The van der Waals surface area contributed by atoms with Gasteiger partial charge in [0.25, 0.3) is 0 Å². The van der Waals surface area contributed by atoms with Gasteiger partial charge in [-0.15, -0.1) is 21.5 Å². The highest BCUT2D eigenvalue weighted by atomic mass is 32.2. The zero-order chi connectivity index (χ0) is 19.9. The van der Waals surface area contributed by atoms with Crippen LogP contribution >= 0.6 is 23.1 Å². The van der Waals surface area contributed by atoms with Crippen LogP contribution in [0.1, 0.15) is 26.6 Å². The third kappa shape index (κ3) is 5.22. The molecule has 0 spiro atoms. The third-order valence-electron chi connectivity index (χ3n) is 4.60. The van der Waals surface area contributed by atoms with E-state index >= 15 is 0 Å². The number of carbonyl (C=O) groups excluding carboxylic acids is 1. The lowest BCUT2D eigenvalue weighted by atomic mass is 10.1. The van der Waals surface area contributed by atoms with E-state index in [4.69, 9.17) is 0 Å². The zero-order valence-corrected chi connectivity index (χ0v) is 17.5. The molecule has 0 saturated carbocycles. The van der Waals surface area contributed by atoms with Gasteiger partial charge in [-0.3, -0.25) is 4.79 Å². The Morgan fingerprint density at radius 1 is 0.931 bits per heavy atom. The monoisotopic (exact) mass is 419 g/mol. The van der Waals surface area contributed by atoms with E-state index in [2.05, 4.69) is 56.5 Å². The number of Topliss-reactive ketones (excluding diaryl/α,β-unsaturated/α-hetero) is 1. The van der Waals surface area contributed by atoms with Gasteiger partial charge >= 0.3 is 0 Å². The molecule has 2 heterocycles. The summed E-state index contributed by atoms with van der Waals surface area (Å²) < 4.78 is 2.16. The van der Waals surface area contributed by atoms with Gasteiger partial charge in [0.15, 0.2) is 10.9 Å². The first-order valence-corrected chi connectivity index (χ1v) is 11.4. The van der Waals surface area contributed by atoms with Crippen molar-refractivity contribution in [3.05, 3.63) is 100 Å². The van der Waals surface area contributed by atoms with Crippen LogP contribution in [0, 0.1) is 0 Å². The van der Waals surface area contributed by atoms with Gasteiger partial charge < -0.3 is 4.57 Å². The number of hydrogen-bond acceptors (Lipinski definition) is 5. The van der Waals surface area contributed by atoms with E-state index < -0.39 is 0 Å². The Bertz CT molecular complexity index is 1040. The van der Waals surface area contributed by atoms with Crippen LogP contribution in [-0.2, 0) is 19.4 Å². The van der Waals surface area contributed by atoms with Crippen molar-refractivity contribution < 1.29 is 4.79 Å². The summed E-state index contributed by atoms with van der Waals surface area (Å²) in [6, 6.07) is 24.0. The minimum Gasteiger partial charge on any atom is -0.305 e. The molecule has 0 fully saturated rings. The second kappa shape index (κ2) is 9.67. The molecule has 0 amide bonds. The first kappa shape index (κ1) is 19.6. The summed E-state index contributed by atoms with van der Waals surface area (Å²) in [6.45, 7) is 0.791. The Morgan fingerprint density at radius 2 is 1.69 bits per heavy atom. The smallest absolute Gasteiger partial charge is 0.191 e. The molecule has 0 bridgehead atoms. The maximum absolute atomic E-state index is 12.5. The lowest BCUT2D eigenvalue weighted by Gasteiger charge is -2.10. The maximum Gasteiger partial charge on any atom is 0.191 e. The molecular weight excluding hydrogens is 398 g/mol. The Balaban J connectivity index is 1.50. The fraction of sp³-hybridized carbons (Fsp3) is 0.174. The minimum absolute atomic E-state index is 0.105. The fourth-order valence-electron chi connectivity index (χ4n) is 3.07. The maximum atomic E-state index is 12.5. The van der Waals surface area contributed by atoms with Crippen LogP contribution in [0.4, 0.5) is 0 Å². The van der Waals surface area contributed by atoms with Crippen LogP contribution < -0.4 is 0 Å². The van der Waals surface area contributed by atoms with Crippen molar-refractivity contribution in [2.45, 2.75) is 24.5 Å². The van der Waals surface area contributed by atoms with E-state index in [0.717, 1.165) is 35.9 Å². The van der Waals surface area contributed by atoms with Crippen molar-refractivity contribution in [1.29, 1.82) is 0 Å². The van der Waals surface area contributed by atoms with Gasteiger partial charge in [-0.25, -0.2) is 0 Å². The second-order valence-electron chi connectivity index (χ2n) is 6.62. The highest BCUT2D eigenvalue weighted by Crippen LogP contribution is 2.22. The summed E-state index contributed by atoms with van der Waals surface area (Å²) in [5.41, 5.74) is 2.01. The molecule has 0 saturated heterocycles. The average Bonchev–Trinajstić information content (AvgIpc) is 3.42. The SMILES string of the molecule is O=C(CSc1nnc(Cc2cccs2)n1CCc1ccccc1)c1ccccc1. The van der Waals surface area contributed by atoms with Gasteiger partial charge in [0, 0.05) is 23.4 Å². The van der Waals surface area contributed by atoms with Gasteiger partial charge in [-0.2, -0.15) is 0 Å². The van der Waals surface area contributed by atoms with E-state index in [-0.39, 0.29) is 5.78 Å². The molecule has 4 aromatic rings. The molecule has 0 aliphatic carbocycles. The molecule has 146 valence electrons. The number of thiophene rings is 1. The fourth-order valence-corrected chi connectivity index (χ4v) is 4.65. The predicted molar refractivity (Wildman–Crippen MR) is 119 cm³/mol. The third-order valence-corrected chi connectivity index (χ3v) is 6.44. The van der Waals surface area contributed by atoms with Crippen LogP contribution in [0.25, 0.3) is 0 Å². The second-order valence-corrected chi connectivity index (χ2v) is 8.59. The van der Waals surface area contributed by atoms with Gasteiger partial charge in [0.05, 0.1) is 5.75 Å². The summed E-state index contributed by atoms with van der Waals surface area (Å²) in [7, 11) is 0. The van der Waals surface area contributed by atoms with E-state index in [1.807, 2.05) is 36.4 Å². The normalized spacial score (nSPS) is 10.9. The molecule has 0 unspecified atom stereocenters. The van der Waals surface area contributed by atoms with Crippen LogP contribution in [0.3, 0.4) is 0 Å². The Kier molecular flexibility index (Phi) is 6.54. The van der Waals surface area contributed by atoms with Gasteiger partial charge in [0.2, 0.25) is 0 Å².